The second-order valence-corrected chi connectivity index (χ2v) is 4.59. The predicted octanol–water partition coefficient (Wildman–Crippen LogP) is 1.08. The van der Waals surface area contributed by atoms with Crippen molar-refractivity contribution in [1.82, 2.24) is 20.1 Å². The number of carboxylic acid groups (broad SMARTS) is 1. The normalized spacial score (nSPS) is 10.7. The van der Waals surface area contributed by atoms with Crippen LogP contribution in [0.15, 0.2) is 0 Å². The Labute approximate surface area is 112 Å². The summed E-state index contributed by atoms with van der Waals surface area (Å²) in [6.45, 7) is 5.83. The van der Waals surface area contributed by atoms with Gasteiger partial charge in [-0.3, -0.25) is 14.7 Å². The number of aromatic nitrogens is 3. The van der Waals surface area contributed by atoms with E-state index in [-0.39, 0.29) is 30.7 Å². The molecule has 0 saturated carbocycles. The minimum absolute atomic E-state index is 0.0871. The van der Waals surface area contributed by atoms with Crippen molar-refractivity contribution in [2.24, 2.45) is 0 Å². The molecule has 0 aliphatic heterocycles. The van der Waals surface area contributed by atoms with Crippen molar-refractivity contribution in [2.75, 3.05) is 6.54 Å². The Kier molecular flexibility index (Phi) is 5.47. The number of hydrogen-bond donors (Lipinski definition) is 2. The van der Waals surface area contributed by atoms with Gasteiger partial charge in [-0.1, -0.05) is 6.92 Å². The Balaban J connectivity index is 2.77. The lowest BCUT2D eigenvalue weighted by Gasteiger charge is -2.24. The molecule has 0 aromatic carbocycles. The molecule has 0 atom stereocenters. The van der Waals surface area contributed by atoms with Crippen molar-refractivity contribution in [2.45, 2.75) is 46.1 Å². The SMILES string of the molecule is CCCc1nc(C(=O)N(CCC(=O)O)C(C)C)n[nH]1. The molecule has 2 N–H and O–H groups in total. The Morgan fingerprint density at radius 2 is 2.11 bits per heavy atom. The van der Waals surface area contributed by atoms with Crippen LogP contribution >= 0.6 is 0 Å². The second-order valence-electron chi connectivity index (χ2n) is 4.59. The number of aromatic amines is 1. The number of rotatable bonds is 7. The van der Waals surface area contributed by atoms with Crippen molar-refractivity contribution >= 4 is 11.9 Å². The Morgan fingerprint density at radius 3 is 2.63 bits per heavy atom. The van der Waals surface area contributed by atoms with Crippen LogP contribution in [0.4, 0.5) is 0 Å². The third-order valence-corrected chi connectivity index (χ3v) is 2.66. The van der Waals surface area contributed by atoms with Gasteiger partial charge in [0.2, 0.25) is 5.82 Å². The highest BCUT2D eigenvalue weighted by molar-refractivity contribution is 5.90. The first kappa shape index (κ1) is 15.1. The van der Waals surface area contributed by atoms with Crippen LogP contribution in [0, 0.1) is 0 Å². The third kappa shape index (κ3) is 4.35. The van der Waals surface area contributed by atoms with E-state index in [1.54, 1.807) is 0 Å². The highest BCUT2D eigenvalue weighted by Gasteiger charge is 2.23. The van der Waals surface area contributed by atoms with Crippen molar-refractivity contribution in [3.8, 4) is 0 Å². The molecular weight excluding hydrogens is 248 g/mol. The maximum absolute atomic E-state index is 12.2. The molecule has 19 heavy (non-hydrogen) atoms. The van der Waals surface area contributed by atoms with E-state index in [1.807, 2.05) is 20.8 Å². The molecule has 0 saturated heterocycles. The second kappa shape index (κ2) is 6.86. The maximum atomic E-state index is 12.2. The fourth-order valence-corrected chi connectivity index (χ4v) is 1.68. The summed E-state index contributed by atoms with van der Waals surface area (Å²) < 4.78 is 0. The van der Waals surface area contributed by atoms with Gasteiger partial charge in [-0.15, -0.1) is 5.10 Å². The number of carboxylic acids is 1. The molecule has 1 aromatic heterocycles. The molecule has 0 unspecified atom stereocenters. The minimum Gasteiger partial charge on any atom is -0.481 e. The van der Waals surface area contributed by atoms with Crippen LogP contribution in [-0.4, -0.2) is 49.7 Å². The predicted molar refractivity (Wildman–Crippen MR) is 68.8 cm³/mol. The van der Waals surface area contributed by atoms with Gasteiger partial charge >= 0.3 is 5.97 Å². The monoisotopic (exact) mass is 268 g/mol. The van der Waals surface area contributed by atoms with Crippen molar-refractivity contribution in [3.05, 3.63) is 11.6 Å². The van der Waals surface area contributed by atoms with Crippen LogP contribution in [-0.2, 0) is 11.2 Å². The fourth-order valence-electron chi connectivity index (χ4n) is 1.68. The summed E-state index contributed by atoms with van der Waals surface area (Å²) >= 11 is 0. The van der Waals surface area contributed by atoms with E-state index in [9.17, 15) is 9.59 Å². The van der Waals surface area contributed by atoms with Gasteiger partial charge in [0.05, 0.1) is 6.42 Å². The number of nitrogens with one attached hydrogen (secondary N) is 1. The minimum atomic E-state index is -0.930. The number of aliphatic carboxylic acids is 1. The number of carbonyl (C=O) groups is 2. The molecule has 1 aromatic rings. The van der Waals surface area contributed by atoms with Crippen molar-refractivity contribution < 1.29 is 14.7 Å². The van der Waals surface area contributed by atoms with E-state index in [1.165, 1.54) is 4.90 Å². The molecule has 7 heteroatoms. The number of hydrogen-bond acceptors (Lipinski definition) is 4. The van der Waals surface area contributed by atoms with E-state index in [0.29, 0.717) is 5.82 Å². The number of nitrogens with zero attached hydrogens (tertiary/aromatic N) is 3. The van der Waals surface area contributed by atoms with Gasteiger partial charge in [0.25, 0.3) is 5.91 Å². The molecule has 106 valence electrons. The van der Waals surface area contributed by atoms with E-state index in [0.717, 1.165) is 12.8 Å². The molecule has 1 heterocycles. The van der Waals surface area contributed by atoms with E-state index in [2.05, 4.69) is 15.2 Å². The van der Waals surface area contributed by atoms with Gasteiger partial charge in [0.15, 0.2) is 0 Å². The lowest BCUT2D eigenvalue weighted by molar-refractivity contribution is -0.137. The first-order valence-electron chi connectivity index (χ1n) is 6.39. The first-order chi connectivity index (χ1) is 8.95. The van der Waals surface area contributed by atoms with Crippen LogP contribution in [0.3, 0.4) is 0 Å². The summed E-state index contributed by atoms with van der Waals surface area (Å²) in [5.41, 5.74) is 0. The van der Waals surface area contributed by atoms with E-state index < -0.39 is 5.97 Å². The van der Waals surface area contributed by atoms with Gasteiger partial charge in [0, 0.05) is 19.0 Å². The summed E-state index contributed by atoms with van der Waals surface area (Å²) in [6.07, 6.45) is 1.56. The van der Waals surface area contributed by atoms with Crippen molar-refractivity contribution in [1.29, 1.82) is 0 Å². The van der Waals surface area contributed by atoms with E-state index in [4.69, 9.17) is 5.11 Å². The maximum Gasteiger partial charge on any atom is 0.305 e. The van der Waals surface area contributed by atoms with Gasteiger partial charge in [0.1, 0.15) is 5.82 Å². The van der Waals surface area contributed by atoms with Crippen LogP contribution in [0.25, 0.3) is 0 Å². The molecule has 1 amide bonds. The molecule has 0 spiro atoms. The quantitative estimate of drug-likeness (QED) is 0.771. The summed E-state index contributed by atoms with van der Waals surface area (Å²) in [6, 6.07) is -0.0972. The number of aryl methyl sites for hydroxylation is 1. The summed E-state index contributed by atoms with van der Waals surface area (Å²) in [4.78, 5) is 28.4. The first-order valence-corrected chi connectivity index (χ1v) is 6.39. The van der Waals surface area contributed by atoms with Crippen LogP contribution in [0.5, 0.6) is 0 Å². The Bertz CT molecular complexity index is 442. The van der Waals surface area contributed by atoms with E-state index >= 15 is 0 Å². The lowest BCUT2D eigenvalue weighted by atomic mass is 10.2. The summed E-state index contributed by atoms with van der Waals surface area (Å²) in [5, 5.41) is 15.3. The molecular formula is C12H20N4O3. The molecule has 0 radical (unpaired) electrons. The molecule has 7 nitrogen and oxygen atoms in total. The Morgan fingerprint density at radius 1 is 1.42 bits per heavy atom. The van der Waals surface area contributed by atoms with Crippen LogP contribution in [0.2, 0.25) is 0 Å². The summed E-state index contributed by atoms with van der Waals surface area (Å²) in [7, 11) is 0. The summed E-state index contributed by atoms with van der Waals surface area (Å²) in [5.74, 6) is -0.495. The fraction of sp³-hybridized carbons (Fsp3) is 0.667. The lowest BCUT2D eigenvalue weighted by Crippen LogP contribution is -2.39. The molecule has 0 fully saturated rings. The zero-order valence-corrected chi connectivity index (χ0v) is 11.5. The van der Waals surface area contributed by atoms with Gasteiger partial charge in [-0.2, -0.15) is 0 Å². The molecule has 0 bridgehead atoms. The molecule has 0 aliphatic carbocycles. The zero-order valence-electron chi connectivity index (χ0n) is 11.5. The number of amides is 1. The topological polar surface area (TPSA) is 99.2 Å². The largest absolute Gasteiger partial charge is 0.481 e. The average Bonchev–Trinajstić information content (AvgIpc) is 2.77. The molecule has 0 aliphatic rings. The van der Waals surface area contributed by atoms with Crippen LogP contribution < -0.4 is 0 Å². The highest BCUT2D eigenvalue weighted by Crippen LogP contribution is 2.07. The number of carbonyl (C=O) groups excluding carboxylic acids is 1. The molecule has 1 rings (SSSR count). The zero-order chi connectivity index (χ0) is 14.4. The van der Waals surface area contributed by atoms with Gasteiger partial charge in [-0.05, 0) is 20.3 Å². The third-order valence-electron chi connectivity index (χ3n) is 2.66. The standard InChI is InChI=1S/C12H20N4O3/c1-4-5-9-13-11(15-14-9)12(19)16(8(2)3)7-6-10(17)18/h8H,4-7H2,1-3H3,(H,17,18)(H,13,14,15). The smallest absolute Gasteiger partial charge is 0.305 e. The average molecular weight is 268 g/mol. The van der Waals surface area contributed by atoms with Gasteiger partial charge < -0.3 is 10.0 Å². The van der Waals surface area contributed by atoms with Crippen molar-refractivity contribution in [3.63, 3.8) is 0 Å². The van der Waals surface area contributed by atoms with Gasteiger partial charge in [-0.25, -0.2) is 4.98 Å². The van der Waals surface area contributed by atoms with Crippen LogP contribution in [0.1, 0.15) is 50.1 Å². The Hall–Kier alpha value is -1.92. The number of H-pyrrole nitrogens is 1. The highest BCUT2D eigenvalue weighted by atomic mass is 16.4.